The molecule has 0 aromatic rings. The molecule has 2 fully saturated rings. The van der Waals surface area contributed by atoms with Gasteiger partial charge in [0.2, 0.25) is 0 Å². The van der Waals surface area contributed by atoms with E-state index in [0.29, 0.717) is 12.6 Å². The Labute approximate surface area is 97.3 Å². The molecule has 6 heteroatoms. The molecule has 1 N–H and O–H groups in total. The van der Waals surface area contributed by atoms with E-state index in [-0.39, 0.29) is 0 Å². The molecule has 0 amide bonds. The van der Waals surface area contributed by atoms with Crippen molar-refractivity contribution in [1.29, 1.82) is 0 Å². The summed E-state index contributed by atoms with van der Waals surface area (Å²) in [6.45, 7) is 0.344. The molecule has 0 aromatic heterocycles. The van der Waals surface area contributed by atoms with Crippen LogP contribution in [-0.4, -0.2) is 42.1 Å². The molecule has 0 aromatic carbocycles. The SMILES string of the molecule is O=C1OC(CNC2CCSCC2)CC1(F)F. The van der Waals surface area contributed by atoms with Gasteiger partial charge >= 0.3 is 11.9 Å². The Kier molecular flexibility index (Phi) is 3.69. The molecule has 2 heterocycles. The molecule has 0 saturated carbocycles. The topological polar surface area (TPSA) is 38.3 Å². The highest BCUT2D eigenvalue weighted by Gasteiger charge is 2.50. The van der Waals surface area contributed by atoms with Crippen LogP contribution < -0.4 is 5.32 Å². The molecule has 2 aliphatic rings. The minimum atomic E-state index is -3.28. The van der Waals surface area contributed by atoms with E-state index in [0.717, 1.165) is 24.3 Å². The second-order valence-electron chi connectivity index (χ2n) is 4.23. The molecule has 0 bridgehead atoms. The lowest BCUT2D eigenvalue weighted by Crippen LogP contribution is -2.37. The van der Waals surface area contributed by atoms with Gasteiger partial charge in [-0.3, -0.25) is 0 Å². The van der Waals surface area contributed by atoms with Gasteiger partial charge in [0.25, 0.3) is 0 Å². The van der Waals surface area contributed by atoms with Gasteiger partial charge in [0.05, 0.1) is 6.42 Å². The van der Waals surface area contributed by atoms with Crippen LogP contribution in [0.2, 0.25) is 0 Å². The van der Waals surface area contributed by atoms with Crippen molar-refractivity contribution in [2.24, 2.45) is 0 Å². The number of hydrogen-bond donors (Lipinski definition) is 1. The normalized spacial score (nSPS) is 30.4. The highest BCUT2D eigenvalue weighted by molar-refractivity contribution is 7.99. The number of hydrogen-bond acceptors (Lipinski definition) is 4. The van der Waals surface area contributed by atoms with Gasteiger partial charge in [-0.15, -0.1) is 0 Å². The van der Waals surface area contributed by atoms with E-state index in [2.05, 4.69) is 10.1 Å². The number of rotatable bonds is 3. The highest BCUT2D eigenvalue weighted by Crippen LogP contribution is 2.30. The lowest BCUT2D eigenvalue weighted by atomic mass is 10.1. The Balaban J connectivity index is 1.73. The number of ether oxygens (including phenoxy) is 1. The number of esters is 1. The summed E-state index contributed by atoms with van der Waals surface area (Å²) in [6, 6.07) is 0.383. The fourth-order valence-corrected chi connectivity index (χ4v) is 3.07. The van der Waals surface area contributed by atoms with Crippen molar-refractivity contribution < 1.29 is 18.3 Å². The van der Waals surface area contributed by atoms with E-state index in [1.807, 2.05) is 11.8 Å². The average Bonchev–Trinajstić information content (AvgIpc) is 2.52. The largest absolute Gasteiger partial charge is 0.456 e. The standard InChI is InChI=1S/C10H15F2NO2S/c11-10(12)5-8(15-9(10)14)6-13-7-1-3-16-4-2-7/h7-8,13H,1-6H2. The van der Waals surface area contributed by atoms with Gasteiger partial charge in [0, 0.05) is 12.6 Å². The van der Waals surface area contributed by atoms with Crippen molar-refractivity contribution in [3.63, 3.8) is 0 Å². The summed E-state index contributed by atoms with van der Waals surface area (Å²) in [5, 5.41) is 3.20. The molecule has 3 nitrogen and oxygen atoms in total. The minimum absolute atomic E-state index is 0.344. The molecule has 2 aliphatic heterocycles. The molecule has 0 spiro atoms. The first-order chi connectivity index (χ1) is 7.58. The summed E-state index contributed by atoms with van der Waals surface area (Å²) in [5.74, 6) is -2.44. The fourth-order valence-electron chi connectivity index (χ4n) is 1.96. The third-order valence-electron chi connectivity index (χ3n) is 2.91. The first-order valence-electron chi connectivity index (χ1n) is 5.48. The maximum absolute atomic E-state index is 12.8. The number of nitrogens with one attached hydrogen (secondary N) is 1. The zero-order valence-electron chi connectivity index (χ0n) is 8.88. The van der Waals surface area contributed by atoms with Crippen LogP contribution in [0.1, 0.15) is 19.3 Å². The van der Waals surface area contributed by atoms with E-state index in [1.165, 1.54) is 0 Å². The molecule has 0 aliphatic carbocycles. The molecular formula is C10H15F2NO2S. The highest BCUT2D eigenvalue weighted by atomic mass is 32.2. The van der Waals surface area contributed by atoms with Gasteiger partial charge in [-0.05, 0) is 24.3 Å². The first-order valence-corrected chi connectivity index (χ1v) is 6.63. The van der Waals surface area contributed by atoms with Crippen molar-refractivity contribution in [1.82, 2.24) is 5.32 Å². The molecule has 2 rings (SSSR count). The van der Waals surface area contributed by atoms with Crippen LogP contribution in [0.4, 0.5) is 8.78 Å². The summed E-state index contributed by atoms with van der Waals surface area (Å²) in [4.78, 5) is 10.8. The van der Waals surface area contributed by atoms with Crippen molar-refractivity contribution in [2.45, 2.75) is 37.3 Å². The number of cyclic esters (lactones) is 1. The van der Waals surface area contributed by atoms with Gasteiger partial charge in [0.1, 0.15) is 6.10 Å². The smallest absolute Gasteiger partial charge is 0.377 e. The second kappa shape index (κ2) is 4.87. The van der Waals surface area contributed by atoms with Gasteiger partial charge in [-0.25, -0.2) is 4.79 Å². The van der Waals surface area contributed by atoms with E-state index < -0.39 is 24.4 Å². The van der Waals surface area contributed by atoms with Crippen LogP contribution in [0.15, 0.2) is 0 Å². The third kappa shape index (κ3) is 2.85. The predicted octanol–water partition coefficient (Wildman–Crippen LogP) is 1.42. The third-order valence-corrected chi connectivity index (χ3v) is 3.96. The molecule has 92 valence electrons. The maximum Gasteiger partial charge on any atom is 0.377 e. The monoisotopic (exact) mass is 251 g/mol. The predicted molar refractivity (Wildman–Crippen MR) is 57.8 cm³/mol. The first kappa shape index (κ1) is 12.1. The fraction of sp³-hybridized carbons (Fsp3) is 0.900. The van der Waals surface area contributed by atoms with Crippen LogP contribution in [0.3, 0.4) is 0 Å². The van der Waals surface area contributed by atoms with Crippen molar-refractivity contribution in [2.75, 3.05) is 18.1 Å². The zero-order chi connectivity index (χ0) is 11.6. The van der Waals surface area contributed by atoms with E-state index in [1.54, 1.807) is 0 Å². The summed E-state index contributed by atoms with van der Waals surface area (Å²) in [7, 11) is 0. The summed E-state index contributed by atoms with van der Waals surface area (Å²) in [6.07, 6.45) is 0.959. The Hall–Kier alpha value is -0.360. The lowest BCUT2D eigenvalue weighted by molar-refractivity contribution is -0.159. The summed E-state index contributed by atoms with van der Waals surface area (Å²) in [5.41, 5.74) is 0. The number of carbonyl (C=O) groups excluding carboxylic acids is 1. The molecule has 0 radical (unpaired) electrons. The van der Waals surface area contributed by atoms with Gasteiger partial charge in [-0.1, -0.05) is 0 Å². The van der Waals surface area contributed by atoms with E-state index >= 15 is 0 Å². The molecule has 2 saturated heterocycles. The second-order valence-corrected chi connectivity index (χ2v) is 5.46. The van der Waals surface area contributed by atoms with Crippen LogP contribution in [0.25, 0.3) is 0 Å². The van der Waals surface area contributed by atoms with Crippen molar-refractivity contribution >= 4 is 17.7 Å². The molecule has 1 unspecified atom stereocenters. The Morgan fingerprint density at radius 2 is 2.12 bits per heavy atom. The Morgan fingerprint density at radius 3 is 2.69 bits per heavy atom. The lowest BCUT2D eigenvalue weighted by Gasteiger charge is -2.23. The van der Waals surface area contributed by atoms with Crippen LogP contribution in [-0.2, 0) is 9.53 Å². The molecule has 1 atom stereocenters. The molecular weight excluding hydrogens is 236 g/mol. The number of alkyl halides is 2. The average molecular weight is 251 g/mol. The van der Waals surface area contributed by atoms with Gasteiger partial charge in [-0.2, -0.15) is 20.5 Å². The van der Waals surface area contributed by atoms with E-state index in [4.69, 9.17) is 0 Å². The number of carbonyl (C=O) groups is 1. The van der Waals surface area contributed by atoms with Gasteiger partial charge in [0.15, 0.2) is 0 Å². The zero-order valence-corrected chi connectivity index (χ0v) is 9.69. The van der Waals surface area contributed by atoms with Crippen LogP contribution in [0.5, 0.6) is 0 Å². The van der Waals surface area contributed by atoms with Crippen LogP contribution >= 0.6 is 11.8 Å². The summed E-state index contributed by atoms with van der Waals surface area (Å²) < 4.78 is 30.3. The minimum Gasteiger partial charge on any atom is -0.456 e. The Morgan fingerprint density at radius 1 is 1.44 bits per heavy atom. The van der Waals surface area contributed by atoms with Gasteiger partial charge < -0.3 is 10.1 Å². The maximum atomic E-state index is 12.8. The van der Waals surface area contributed by atoms with E-state index in [9.17, 15) is 13.6 Å². The van der Waals surface area contributed by atoms with Crippen molar-refractivity contribution in [3.05, 3.63) is 0 Å². The quantitative estimate of drug-likeness (QED) is 0.770. The number of halogens is 2. The molecule has 16 heavy (non-hydrogen) atoms. The van der Waals surface area contributed by atoms with Crippen molar-refractivity contribution in [3.8, 4) is 0 Å². The van der Waals surface area contributed by atoms with Crippen LogP contribution in [0, 0.1) is 0 Å². The summed E-state index contributed by atoms with van der Waals surface area (Å²) >= 11 is 1.91. The number of thioether (sulfide) groups is 1. The Bertz CT molecular complexity index is 270.